The summed E-state index contributed by atoms with van der Waals surface area (Å²) in [6.45, 7) is 7.78. The average molecular weight is 328 g/mol. The lowest BCUT2D eigenvalue weighted by molar-refractivity contribution is 0.398. The predicted molar refractivity (Wildman–Crippen MR) is 81.8 cm³/mol. The minimum atomic E-state index is -0.101. The molecule has 0 amide bonds. The predicted octanol–water partition coefficient (Wildman–Crippen LogP) is 4.55. The van der Waals surface area contributed by atoms with Gasteiger partial charge < -0.3 is 5.32 Å². The van der Waals surface area contributed by atoms with E-state index in [1.165, 1.54) is 6.42 Å². The number of rotatable bonds is 6. The van der Waals surface area contributed by atoms with Crippen LogP contribution in [0.1, 0.15) is 39.2 Å². The van der Waals surface area contributed by atoms with Gasteiger partial charge in [-0.1, -0.05) is 42.8 Å². The van der Waals surface area contributed by atoms with Gasteiger partial charge in [0.1, 0.15) is 5.82 Å². The SMILES string of the molecule is CCCNC(Cc1ccc(Br)cc1F)C1CC1(C)C. The number of hydrogen-bond donors (Lipinski definition) is 1. The van der Waals surface area contributed by atoms with Crippen LogP contribution in [0.4, 0.5) is 4.39 Å². The van der Waals surface area contributed by atoms with Crippen molar-refractivity contribution in [3.63, 3.8) is 0 Å². The monoisotopic (exact) mass is 327 g/mol. The number of benzene rings is 1. The summed E-state index contributed by atoms with van der Waals surface area (Å²) in [5.74, 6) is 0.568. The molecule has 0 aliphatic heterocycles. The van der Waals surface area contributed by atoms with Gasteiger partial charge in [0, 0.05) is 10.5 Å². The topological polar surface area (TPSA) is 12.0 Å². The van der Waals surface area contributed by atoms with Gasteiger partial charge in [0.05, 0.1) is 0 Å². The van der Waals surface area contributed by atoms with Crippen LogP contribution in [-0.2, 0) is 6.42 Å². The van der Waals surface area contributed by atoms with E-state index in [0.29, 0.717) is 17.4 Å². The molecule has 0 heterocycles. The van der Waals surface area contributed by atoms with Crippen LogP contribution in [-0.4, -0.2) is 12.6 Å². The van der Waals surface area contributed by atoms with Crippen LogP contribution in [0.15, 0.2) is 22.7 Å². The van der Waals surface area contributed by atoms with E-state index in [1.54, 1.807) is 6.07 Å². The molecule has 2 atom stereocenters. The number of halogens is 2. The molecule has 0 aromatic heterocycles. The highest BCUT2D eigenvalue weighted by atomic mass is 79.9. The lowest BCUT2D eigenvalue weighted by Gasteiger charge is -2.21. The summed E-state index contributed by atoms with van der Waals surface area (Å²) < 4.78 is 14.8. The maximum atomic E-state index is 14.0. The zero-order valence-electron chi connectivity index (χ0n) is 12.0. The van der Waals surface area contributed by atoms with E-state index in [9.17, 15) is 4.39 Å². The third-order valence-corrected chi connectivity index (χ3v) is 4.68. The highest BCUT2D eigenvalue weighted by Gasteiger charge is 2.49. The van der Waals surface area contributed by atoms with Gasteiger partial charge in [-0.2, -0.15) is 0 Å². The van der Waals surface area contributed by atoms with Gasteiger partial charge in [-0.15, -0.1) is 0 Å². The number of hydrogen-bond acceptors (Lipinski definition) is 1. The van der Waals surface area contributed by atoms with Crippen molar-refractivity contribution in [3.05, 3.63) is 34.1 Å². The molecule has 1 nitrogen and oxygen atoms in total. The highest BCUT2D eigenvalue weighted by Crippen LogP contribution is 2.54. The van der Waals surface area contributed by atoms with Crippen LogP contribution < -0.4 is 5.32 Å². The van der Waals surface area contributed by atoms with E-state index < -0.39 is 0 Å². The molecule has 1 N–H and O–H groups in total. The van der Waals surface area contributed by atoms with Crippen molar-refractivity contribution in [1.82, 2.24) is 5.32 Å². The van der Waals surface area contributed by atoms with Crippen molar-refractivity contribution < 1.29 is 4.39 Å². The molecular formula is C16H23BrFN. The normalized spacial score (nSPS) is 22.3. The molecule has 1 fully saturated rings. The molecule has 2 rings (SSSR count). The Morgan fingerprint density at radius 2 is 2.16 bits per heavy atom. The Morgan fingerprint density at radius 1 is 1.47 bits per heavy atom. The summed E-state index contributed by atoms with van der Waals surface area (Å²) >= 11 is 3.31. The molecule has 1 saturated carbocycles. The van der Waals surface area contributed by atoms with Crippen LogP contribution in [0.2, 0.25) is 0 Å². The molecule has 0 saturated heterocycles. The van der Waals surface area contributed by atoms with Gasteiger partial charge in [0.25, 0.3) is 0 Å². The quantitative estimate of drug-likeness (QED) is 0.808. The largest absolute Gasteiger partial charge is 0.313 e. The Kier molecular flexibility index (Phi) is 4.67. The van der Waals surface area contributed by atoms with Gasteiger partial charge in [-0.3, -0.25) is 0 Å². The maximum Gasteiger partial charge on any atom is 0.127 e. The molecule has 0 spiro atoms. The molecule has 0 bridgehead atoms. The van der Waals surface area contributed by atoms with Gasteiger partial charge >= 0.3 is 0 Å². The maximum absolute atomic E-state index is 14.0. The van der Waals surface area contributed by atoms with Crippen LogP contribution in [0.5, 0.6) is 0 Å². The van der Waals surface area contributed by atoms with Crippen molar-refractivity contribution in [2.24, 2.45) is 11.3 Å². The standard InChI is InChI=1S/C16H23BrFN/c1-4-7-19-15(13-10-16(13,2)3)8-11-5-6-12(17)9-14(11)18/h5-6,9,13,15,19H,4,7-8,10H2,1-3H3. The van der Waals surface area contributed by atoms with E-state index in [-0.39, 0.29) is 5.82 Å². The molecule has 3 heteroatoms. The second-order valence-corrected chi connectivity index (χ2v) is 7.22. The summed E-state index contributed by atoms with van der Waals surface area (Å²) in [5, 5.41) is 3.60. The van der Waals surface area contributed by atoms with Crippen LogP contribution in [0, 0.1) is 17.2 Å². The Labute approximate surface area is 124 Å². The molecule has 0 radical (unpaired) electrons. The van der Waals surface area contributed by atoms with Crippen LogP contribution in [0.3, 0.4) is 0 Å². The first-order valence-electron chi connectivity index (χ1n) is 7.11. The Hall–Kier alpha value is -0.410. The van der Waals surface area contributed by atoms with Crippen molar-refractivity contribution in [3.8, 4) is 0 Å². The van der Waals surface area contributed by atoms with Gasteiger partial charge in [0.15, 0.2) is 0 Å². The Bertz CT molecular complexity index is 444. The molecule has 1 aliphatic rings. The second kappa shape index (κ2) is 5.92. The lowest BCUT2D eigenvalue weighted by atomic mass is 9.97. The van der Waals surface area contributed by atoms with E-state index in [0.717, 1.165) is 29.4 Å². The van der Waals surface area contributed by atoms with Crippen molar-refractivity contribution in [2.45, 2.75) is 46.1 Å². The molecule has 2 unspecified atom stereocenters. The van der Waals surface area contributed by atoms with Crippen molar-refractivity contribution in [2.75, 3.05) is 6.54 Å². The number of nitrogens with one attached hydrogen (secondary N) is 1. The van der Waals surface area contributed by atoms with Gasteiger partial charge in [-0.05, 0) is 54.8 Å². The highest BCUT2D eigenvalue weighted by molar-refractivity contribution is 9.10. The fourth-order valence-electron chi connectivity index (χ4n) is 2.81. The third kappa shape index (κ3) is 3.79. The minimum absolute atomic E-state index is 0.101. The third-order valence-electron chi connectivity index (χ3n) is 4.19. The van der Waals surface area contributed by atoms with E-state index in [4.69, 9.17) is 0 Å². The van der Waals surface area contributed by atoms with Crippen molar-refractivity contribution >= 4 is 15.9 Å². The average Bonchev–Trinajstić information content (AvgIpc) is 2.96. The fourth-order valence-corrected chi connectivity index (χ4v) is 3.14. The summed E-state index contributed by atoms with van der Waals surface area (Å²) in [6.07, 6.45) is 3.15. The second-order valence-electron chi connectivity index (χ2n) is 6.30. The minimum Gasteiger partial charge on any atom is -0.313 e. The first kappa shape index (κ1) is 15.0. The smallest absolute Gasteiger partial charge is 0.127 e. The molecule has 1 aromatic carbocycles. The zero-order valence-corrected chi connectivity index (χ0v) is 13.6. The summed E-state index contributed by atoms with van der Waals surface area (Å²) in [7, 11) is 0. The molecule has 1 aliphatic carbocycles. The van der Waals surface area contributed by atoms with E-state index in [2.05, 4.69) is 42.0 Å². The van der Waals surface area contributed by atoms with E-state index in [1.807, 2.05) is 12.1 Å². The van der Waals surface area contributed by atoms with Gasteiger partial charge in [0.2, 0.25) is 0 Å². The van der Waals surface area contributed by atoms with Crippen LogP contribution >= 0.6 is 15.9 Å². The first-order valence-corrected chi connectivity index (χ1v) is 7.90. The molecule has 19 heavy (non-hydrogen) atoms. The molecule has 1 aromatic rings. The zero-order chi connectivity index (χ0) is 14.0. The van der Waals surface area contributed by atoms with Crippen molar-refractivity contribution in [1.29, 1.82) is 0 Å². The van der Waals surface area contributed by atoms with E-state index >= 15 is 0 Å². The van der Waals surface area contributed by atoms with Crippen LogP contribution in [0.25, 0.3) is 0 Å². The summed E-state index contributed by atoms with van der Waals surface area (Å²) in [4.78, 5) is 0. The first-order chi connectivity index (χ1) is 8.94. The Balaban J connectivity index is 2.07. The van der Waals surface area contributed by atoms with Gasteiger partial charge in [-0.25, -0.2) is 4.39 Å². The molecular weight excluding hydrogens is 305 g/mol. The molecule has 106 valence electrons. The lowest BCUT2D eigenvalue weighted by Crippen LogP contribution is -2.35. The summed E-state index contributed by atoms with van der Waals surface area (Å²) in [6, 6.07) is 5.78. The Morgan fingerprint density at radius 3 is 2.68 bits per heavy atom. The summed E-state index contributed by atoms with van der Waals surface area (Å²) in [5.41, 5.74) is 1.23. The fraction of sp³-hybridized carbons (Fsp3) is 0.625.